The van der Waals surface area contributed by atoms with E-state index in [2.05, 4.69) is 0 Å². The number of ketones is 2. The van der Waals surface area contributed by atoms with E-state index < -0.39 is 11.6 Å². The molecule has 0 atom stereocenters. The molecule has 0 saturated carbocycles. The molecule has 0 unspecified atom stereocenters. The van der Waals surface area contributed by atoms with Crippen LogP contribution in [0.1, 0.15) is 20.7 Å². The first kappa shape index (κ1) is 14.0. The van der Waals surface area contributed by atoms with Crippen molar-refractivity contribution in [2.45, 2.75) is 0 Å². The van der Waals surface area contributed by atoms with Crippen molar-refractivity contribution >= 4 is 22.6 Å². The molecule has 0 N–H and O–H groups in total. The van der Waals surface area contributed by atoms with E-state index in [9.17, 15) is 14.4 Å². The smallest absolute Gasteiger partial charge is 0.295 e. The molecule has 0 saturated heterocycles. The second kappa shape index (κ2) is 5.11. The van der Waals surface area contributed by atoms with E-state index in [4.69, 9.17) is 0 Å². The molecule has 5 heteroatoms. The Balaban J connectivity index is 2.07. The van der Waals surface area contributed by atoms with E-state index in [0.717, 1.165) is 5.52 Å². The molecule has 2 aromatic carbocycles. The lowest BCUT2D eigenvalue weighted by Crippen LogP contribution is -2.19. The van der Waals surface area contributed by atoms with Gasteiger partial charge in [-0.05, 0) is 18.2 Å². The molecule has 0 bridgehead atoms. The molecule has 0 aliphatic rings. The molecule has 0 radical (unpaired) electrons. The highest BCUT2D eigenvalue weighted by Crippen LogP contribution is 2.16. The van der Waals surface area contributed by atoms with Crippen molar-refractivity contribution in [2.24, 2.45) is 14.1 Å². The van der Waals surface area contributed by atoms with E-state index in [1.54, 1.807) is 62.6 Å². The summed E-state index contributed by atoms with van der Waals surface area (Å²) in [4.78, 5) is 36.5. The maximum atomic E-state index is 12.3. The van der Waals surface area contributed by atoms with Gasteiger partial charge in [-0.1, -0.05) is 30.3 Å². The van der Waals surface area contributed by atoms with Crippen LogP contribution < -0.4 is 5.69 Å². The topological polar surface area (TPSA) is 61.1 Å². The van der Waals surface area contributed by atoms with Crippen LogP contribution in [0.5, 0.6) is 0 Å². The molecule has 0 aliphatic carbocycles. The molecule has 110 valence electrons. The fourth-order valence-corrected chi connectivity index (χ4v) is 2.50. The number of fused-ring (bicyclic) bond motifs is 1. The molecular formula is C17H14N2O3. The van der Waals surface area contributed by atoms with Crippen molar-refractivity contribution in [1.29, 1.82) is 0 Å². The van der Waals surface area contributed by atoms with Crippen LogP contribution in [0.4, 0.5) is 0 Å². The zero-order valence-electron chi connectivity index (χ0n) is 12.2. The van der Waals surface area contributed by atoms with Crippen LogP contribution in [0.3, 0.4) is 0 Å². The van der Waals surface area contributed by atoms with Gasteiger partial charge in [0.25, 0.3) is 0 Å². The molecule has 3 rings (SSSR count). The summed E-state index contributed by atoms with van der Waals surface area (Å²) < 4.78 is 2.96. The van der Waals surface area contributed by atoms with Gasteiger partial charge in [0.15, 0.2) is 0 Å². The minimum absolute atomic E-state index is 0.172. The lowest BCUT2D eigenvalue weighted by atomic mass is 10.0. The second-order valence-corrected chi connectivity index (χ2v) is 5.13. The van der Waals surface area contributed by atoms with Crippen molar-refractivity contribution in [3.63, 3.8) is 0 Å². The predicted octanol–water partition coefficient (Wildman–Crippen LogP) is 1.94. The number of Topliss-reactive ketones (excluding diaryl/α,β-unsaturated/α-hetero) is 2. The minimum atomic E-state index is -0.579. The Labute approximate surface area is 126 Å². The van der Waals surface area contributed by atoms with Crippen molar-refractivity contribution in [2.75, 3.05) is 0 Å². The van der Waals surface area contributed by atoms with Gasteiger partial charge in [-0.25, -0.2) is 4.79 Å². The van der Waals surface area contributed by atoms with Crippen LogP contribution >= 0.6 is 0 Å². The van der Waals surface area contributed by atoms with Crippen LogP contribution in [0.2, 0.25) is 0 Å². The Morgan fingerprint density at radius 2 is 1.36 bits per heavy atom. The fourth-order valence-electron chi connectivity index (χ4n) is 2.50. The van der Waals surface area contributed by atoms with E-state index in [1.165, 1.54) is 9.13 Å². The largest absolute Gasteiger partial charge is 0.328 e. The number of aromatic nitrogens is 2. The summed E-state index contributed by atoms with van der Waals surface area (Å²) in [5, 5.41) is 0. The third-order valence-electron chi connectivity index (χ3n) is 3.78. The Kier molecular flexibility index (Phi) is 3.25. The minimum Gasteiger partial charge on any atom is -0.295 e. The Hall–Kier alpha value is -2.95. The zero-order valence-corrected chi connectivity index (χ0v) is 12.2. The van der Waals surface area contributed by atoms with Crippen molar-refractivity contribution in [3.05, 3.63) is 70.1 Å². The summed E-state index contributed by atoms with van der Waals surface area (Å²) in [6.45, 7) is 0. The van der Waals surface area contributed by atoms with E-state index in [1.807, 2.05) is 0 Å². The van der Waals surface area contributed by atoms with Gasteiger partial charge < -0.3 is 0 Å². The van der Waals surface area contributed by atoms with Crippen LogP contribution in [-0.2, 0) is 14.1 Å². The fraction of sp³-hybridized carbons (Fsp3) is 0.118. The molecule has 1 heterocycles. The lowest BCUT2D eigenvalue weighted by Gasteiger charge is -2.02. The Bertz CT molecular complexity index is 949. The van der Waals surface area contributed by atoms with E-state index in [-0.39, 0.29) is 11.3 Å². The number of carbonyl (C=O) groups is 2. The van der Waals surface area contributed by atoms with Gasteiger partial charge in [0.05, 0.1) is 11.0 Å². The van der Waals surface area contributed by atoms with Crippen molar-refractivity contribution in [1.82, 2.24) is 9.13 Å². The van der Waals surface area contributed by atoms with E-state index in [0.29, 0.717) is 11.1 Å². The zero-order chi connectivity index (χ0) is 15.9. The average Bonchev–Trinajstić information content (AvgIpc) is 2.78. The highest BCUT2D eigenvalue weighted by Gasteiger charge is 2.19. The number of nitrogens with zero attached hydrogens (tertiary/aromatic N) is 2. The maximum Gasteiger partial charge on any atom is 0.328 e. The number of hydrogen-bond donors (Lipinski definition) is 0. The summed E-state index contributed by atoms with van der Waals surface area (Å²) in [7, 11) is 3.30. The van der Waals surface area contributed by atoms with Gasteiger partial charge in [-0.15, -0.1) is 0 Å². The first-order valence-corrected chi connectivity index (χ1v) is 6.80. The summed E-state index contributed by atoms with van der Waals surface area (Å²) >= 11 is 0. The first-order chi connectivity index (χ1) is 10.5. The average molecular weight is 294 g/mol. The van der Waals surface area contributed by atoms with Gasteiger partial charge in [0.1, 0.15) is 0 Å². The molecule has 0 aliphatic heterocycles. The third kappa shape index (κ3) is 2.07. The SMILES string of the molecule is Cn1c(=O)n(C)c2cc(C(=O)C(=O)c3ccccc3)ccc21. The Morgan fingerprint density at radius 3 is 2.05 bits per heavy atom. The molecule has 1 aromatic heterocycles. The normalized spacial score (nSPS) is 10.8. The summed E-state index contributed by atoms with van der Waals surface area (Å²) in [5.74, 6) is -1.13. The molecule has 22 heavy (non-hydrogen) atoms. The predicted molar refractivity (Wildman–Crippen MR) is 83.3 cm³/mol. The number of rotatable bonds is 3. The van der Waals surface area contributed by atoms with Gasteiger partial charge >= 0.3 is 5.69 Å². The van der Waals surface area contributed by atoms with Crippen LogP contribution in [-0.4, -0.2) is 20.7 Å². The van der Waals surface area contributed by atoms with Crippen LogP contribution in [0, 0.1) is 0 Å². The highest BCUT2D eigenvalue weighted by atomic mass is 16.2. The lowest BCUT2D eigenvalue weighted by molar-refractivity contribution is 0.0817. The molecule has 3 aromatic rings. The van der Waals surface area contributed by atoms with Gasteiger partial charge in [0, 0.05) is 25.2 Å². The Morgan fingerprint density at radius 1 is 0.773 bits per heavy atom. The molecule has 5 nitrogen and oxygen atoms in total. The number of hydrogen-bond acceptors (Lipinski definition) is 3. The standard InChI is InChI=1S/C17H14N2O3/c1-18-13-9-8-12(10-14(13)19(2)17(18)22)16(21)15(20)11-6-4-3-5-7-11/h3-10H,1-2H3. The van der Waals surface area contributed by atoms with Gasteiger partial charge in [0.2, 0.25) is 11.6 Å². The molecule has 0 fully saturated rings. The van der Waals surface area contributed by atoms with Crippen molar-refractivity contribution in [3.8, 4) is 0 Å². The molecular weight excluding hydrogens is 280 g/mol. The number of benzene rings is 2. The number of aryl methyl sites for hydroxylation is 2. The summed E-state index contributed by atoms with van der Waals surface area (Å²) in [5.41, 5.74) is 1.81. The first-order valence-electron chi connectivity index (χ1n) is 6.80. The summed E-state index contributed by atoms with van der Waals surface area (Å²) in [6.07, 6.45) is 0. The van der Waals surface area contributed by atoms with Crippen LogP contribution in [0.15, 0.2) is 53.3 Å². The van der Waals surface area contributed by atoms with Gasteiger partial charge in [-0.3, -0.25) is 18.7 Å². The summed E-state index contributed by atoms with van der Waals surface area (Å²) in [6, 6.07) is 13.3. The van der Waals surface area contributed by atoms with Crippen molar-refractivity contribution < 1.29 is 9.59 Å². The molecule has 0 spiro atoms. The third-order valence-corrected chi connectivity index (χ3v) is 3.78. The van der Waals surface area contributed by atoms with Gasteiger partial charge in [-0.2, -0.15) is 0 Å². The monoisotopic (exact) mass is 294 g/mol. The second-order valence-electron chi connectivity index (χ2n) is 5.13. The number of carbonyl (C=O) groups excluding carboxylic acids is 2. The number of imidazole rings is 1. The molecule has 0 amide bonds. The van der Waals surface area contributed by atoms with Crippen LogP contribution in [0.25, 0.3) is 11.0 Å². The maximum absolute atomic E-state index is 12.3. The van der Waals surface area contributed by atoms with E-state index >= 15 is 0 Å². The highest BCUT2D eigenvalue weighted by molar-refractivity contribution is 6.49. The quantitative estimate of drug-likeness (QED) is 0.548.